The predicted molar refractivity (Wildman–Crippen MR) is 67.2 cm³/mol. The lowest BCUT2D eigenvalue weighted by Gasteiger charge is -2.32. The molecule has 0 aromatic rings. The van der Waals surface area contributed by atoms with Crippen molar-refractivity contribution in [3.8, 4) is 0 Å². The summed E-state index contributed by atoms with van der Waals surface area (Å²) < 4.78 is 0. The lowest BCUT2D eigenvalue weighted by atomic mass is 10.0. The van der Waals surface area contributed by atoms with E-state index in [-0.39, 0.29) is 11.9 Å². The monoisotopic (exact) mass is 254 g/mol. The zero-order valence-corrected chi connectivity index (χ0v) is 11.2. The molecule has 1 saturated carbocycles. The van der Waals surface area contributed by atoms with Gasteiger partial charge in [-0.15, -0.1) is 0 Å². The van der Waals surface area contributed by atoms with Crippen molar-refractivity contribution < 1.29 is 14.7 Å². The average Bonchev–Trinajstić information content (AvgIpc) is 3.12. The third kappa shape index (κ3) is 2.23. The Labute approximate surface area is 108 Å². The zero-order chi connectivity index (χ0) is 13.3. The second-order valence-corrected chi connectivity index (χ2v) is 5.56. The molecule has 5 heteroatoms. The number of carbonyl (C=O) groups excluding carboxylic acids is 1. The van der Waals surface area contributed by atoms with Gasteiger partial charge in [-0.2, -0.15) is 0 Å². The highest BCUT2D eigenvalue weighted by Gasteiger charge is 2.59. The van der Waals surface area contributed by atoms with Gasteiger partial charge in [0.15, 0.2) is 0 Å². The van der Waals surface area contributed by atoms with E-state index in [1.807, 2.05) is 4.90 Å². The number of likely N-dealkylation sites (N-methyl/N-ethyl adjacent to an activating group) is 1. The Morgan fingerprint density at radius 3 is 2.50 bits per heavy atom. The summed E-state index contributed by atoms with van der Waals surface area (Å²) in [5, 5.41) is 9.23. The largest absolute Gasteiger partial charge is 0.480 e. The molecule has 1 unspecified atom stereocenters. The maximum absolute atomic E-state index is 12.5. The van der Waals surface area contributed by atoms with E-state index in [2.05, 4.69) is 18.9 Å². The van der Waals surface area contributed by atoms with Gasteiger partial charge in [0.05, 0.1) is 0 Å². The molecule has 2 aliphatic rings. The number of carboxylic acids is 1. The first-order chi connectivity index (χ1) is 8.51. The van der Waals surface area contributed by atoms with Crippen LogP contribution in [0.4, 0.5) is 0 Å². The molecular weight excluding hydrogens is 232 g/mol. The number of hydrogen-bond acceptors (Lipinski definition) is 3. The molecule has 1 N–H and O–H groups in total. The smallest absolute Gasteiger partial charge is 0.319 e. The lowest BCUT2D eigenvalue weighted by Crippen LogP contribution is -2.48. The first kappa shape index (κ1) is 13.3. The minimum atomic E-state index is -1.09. The van der Waals surface area contributed by atoms with E-state index in [4.69, 9.17) is 0 Å². The lowest BCUT2D eigenvalue weighted by molar-refractivity contribution is -0.154. The van der Waals surface area contributed by atoms with Crippen LogP contribution in [0.25, 0.3) is 0 Å². The van der Waals surface area contributed by atoms with E-state index < -0.39 is 11.4 Å². The molecule has 0 bridgehead atoms. The number of hydrogen-bond donors (Lipinski definition) is 1. The van der Waals surface area contributed by atoms with E-state index >= 15 is 0 Å². The SMILES string of the molecule is CCC1CN(C)CCCN1C(=O)C1(C(=O)O)CC1. The first-order valence-electron chi connectivity index (χ1n) is 6.74. The van der Waals surface area contributed by atoms with Crippen LogP contribution in [0.3, 0.4) is 0 Å². The Bertz CT molecular complexity index is 352. The summed E-state index contributed by atoms with van der Waals surface area (Å²) in [4.78, 5) is 27.8. The van der Waals surface area contributed by atoms with E-state index in [1.54, 1.807) is 0 Å². The van der Waals surface area contributed by atoms with Crippen LogP contribution >= 0.6 is 0 Å². The molecule has 1 amide bonds. The van der Waals surface area contributed by atoms with E-state index in [0.29, 0.717) is 19.4 Å². The van der Waals surface area contributed by atoms with E-state index in [0.717, 1.165) is 25.9 Å². The number of amides is 1. The summed E-state index contributed by atoms with van der Waals surface area (Å²) in [5.74, 6) is -1.10. The van der Waals surface area contributed by atoms with E-state index in [9.17, 15) is 14.7 Å². The molecule has 5 nitrogen and oxygen atoms in total. The molecule has 102 valence electrons. The number of nitrogens with zero attached hydrogens (tertiary/aromatic N) is 2. The Morgan fingerprint density at radius 1 is 1.33 bits per heavy atom. The van der Waals surface area contributed by atoms with Crippen LogP contribution in [-0.2, 0) is 9.59 Å². The molecule has 0 aromatic carbocycles. The van der Waals surface area contributed by atoms with Crippen molar-refractivity contribution in [3.63, 3.8) is 0 Å². The maximum atomic E-state index is 12.5. The second-order valence-electron chi connectivity index (χ2n) is 5.56. The molecule has 18 heavy (non-hydrogen) atoms. The molecule has 0 spiro atoms. The summed E-state index contributed by atoms with van der Waals surface area (Å²) in [6.07, 6.45) is 2.81. The number of carboxylic acid groups (broad SMARTS) is 1. The van der Waals surface area contributed by atoms with Gasteiger partial charge in [-0.3, -0.25) is 9.59 Å². The van der Waals surface area contributed by atoms with Gasteiger partial charge in [-0.25, -0.2) is 0 Å². The van der Waals surface area contributed by atoms with Crippen molar-refractivity contribution >= 4 is 11.9 Å². The molecule has 1 aliphatic heterocycles. The molecule has 1 saturated heterocycles. The highest BCUT2D eigenvalue weighted by molar-refractivity contribution is 6.04. The van der Waals surface area contributed by atoms with Gasteiger partial charge in [0.1, 0.15) is 5.41 Å². The maximum Gasteiger partial charge on any atom is 0.319 e. The fraction of sp³-hybridized carbons (Fsp3) is 0.846. The average molecular weight is 254 g/mol. The highest BCUT2D eigenvalue weighted by Crippen LogP contribution is 2.48. The summed E-state index contributed by atoms with van der Waals surface area (Å²) in [6, 6.07) is 0.154. The second kappa shape index (κ2) is 4.88. The minimum Gasteiger partial charge on any atom is -0.480 e. The van der Waals surface area contributed by atoms with Crippen LogP contribution < -0.4 is 0 Å². The molecule has 2 fully saturated rings. The summed E-state index contributed by atoms with van der Waals surface area (Å²) >= 11 is 0. The standard InChI is InChI=1S/C13H22N2O3/c1-3-10-9-14(2)7-4-8-15(10)11(16)13(5-6-13)12(17)18/h10H,3-9H2,1-2H3,(H,17,18). The van der Waals surface area contributed by atoms with Gasteiger partial charge in [-0.1, -0.05) is 6.92 Å². The molecule has 1 aliphatic carbocycles. The van der Waals surface area contributed by atoms with Crippen molar-refractivity contribution in [2.24, 2.45) is 5.41 Å². The Hall–Kier alpha value is -1.10. The highest BCUT2D eigenvalue weighted by atomic mass is 16.4. The van der Waals surface area contributed by atoms with Crippen LogP contribution in [-0.4, -0.2) is 59.5 Å². The normalized spacial score (nSPS) is 27.7. The Morgan fingerprint density at radius 2 is 2.00 bits per heavy atom. The number of aliphatic carboxylic acids is 1. The van der Waals surface area contributed by atoms with Gasteiger partial charge in [0, 0.05) is 19.1 Å². The Kier molecular flexibility index (Phi) is 3.61. The third-order valence-electron chi connectivity index (χ3n) is 4.20. The summed E-state index contributed by atoms with van der Waals surface area (Å²) in [7, 11) is 2.06. The summed E-state index contributed by atoms with van der Waals surface area (Å²) in [5.41, 5.74) is -1.09. The topological polar surface area (TPSA) is 60.9 Å². The fourth-order valence-corrected chi connectivity index (χ4v) is 2.78. The molecule has 0 aromatic heterocycles. The van der Waals surface area contributed by atoms with Crippen molar-refractivity contribution in [1.82, 2.24) is 9.80 Å². The molecular formula is C13H22N2O3. The molecule has 2 rings (SSSR count). The third-order valence-corrected chi connectivity index (χ3v) is 4.20. The van der Waals surface area contributed by atoms with Crippen LogP contribution in [0.1, 0.15) is 32.6 Å². The number of rotatable bonds is 3. The minimum absolute atomic E-state index is 0.154. The van der Waals surface area contributed by atoms with Gasteiger partial charge < -0.3 is 14.9 Å². The zero-order valence-electron chi connectivity index (χ0n) is 11.2. The fourth-order valence-electron chi connectivity index (χ4n) is 2.78. The van der Waals surface area contributed by atoms with Gasteiger partial charge in [-0.05, 0) is 39.3 Å². The van der Waals surface area contributed by atoms with Crippen molar-refractivity contribution in [2.75, 3.05) is 26.7 Å². The van der Waals surface area contributed by atoms with E-state index in [1.165, 1.54) is 0 Å². The van der Waals surface area contributed by atoms with Crippen LogP contribution in [0.5, 0.6) is 0 Å². The number of carbonyl (C=O) groups is 2. The first-order valence-corrected chi connectivity index (χ1v) is 6.74. The van der Waals surface area contributed by atoms with Crippen molar-refractivity contribution in [3.05, 3.63) is 0 Å². The van der Waals surface area contributed by atoms with Gasteiger partial charge in [0.2, 0.25) is 5.91 Å². The quantitative estimate of drug-likeness (QED) is 0.757. The molecule has 1 heterocycles. The van der Waals surface area contributed by atoms with Gasteiger partial charge >= 0.3 is 5.97 Å². The van der Waals surface area contributed by atoms with Crippen LogP contribution in [0, 0.1) is 5.41 Å². The molecule has 0 radical (unpaired) electrons. The summed E-state index contributed by atoms with van der Waals surface area (Å²) in [6.45, 7) is 4.57. The van der Waals surface area contributed by atoms with Crippen LogP contribution in [0.2, 0.25) is 0 Å². The van der Waals surface area contributed by atoms with Gasteiger partial charge in [0.25, 0.3) is 0 Å². The Balaban J connectivity index is 2.15. The predicted octanol–water partition coefficient (Wildman–Crippen LogP) is 0.794. The van der Waals surface area contributed by atoms with Crippen molar-refractivity contribution in [2.45, 2.75) is 38.6 Å². The van der Waals surface area contributed by atoms with Crippen LogP contribution in [0.15, 0.2) is 0 Å². The molecule has 1 atom stereocenters. The van der Waals surface area contributed by atoms with Crippen molar-refractivity contribution in [1.29, 1.82) is 0 Å².